The minimum absolute atomic E-state index is 0.125. The number of hydrogen-bond acceptors (Lipinski definition) is 3. The van der Waals surface area contributed by atoms with Crippen molar-refractivity contribution in [3.8, 4) is 0 Å². The maximum Gasteiger partial charge on any atom is 0.134 e. The molecule has 2 nitrogen and oxygen atoms in total. The van der Waals surface area contributed by atoms with E-state index in [0.717, 1.165) is 19.1 Å². The molecule has 0 aliphatic carbocycles. The van der Waals surface area contributed by atoms with Gasteiger partial charge in [0, 0.05) is 6.21 Å². The fourth-order valence-corrected chi connectivity index (χ4v) is 1.20. The lowest BCUT2D eigenvalue weighted by molar-refractivity contribution is -0.107. The number of aldehydes is 1. The molecule has 0 spiro atoms. The van der Waals surface area contributed by atoms with E-state index in [1.165, 1.54) is 11.9 Å². The summed E-state index contributed by atoms with van der Waals surface area (Å²) in [7, 11) is 0. The van der Waals surface area contributed by atoms with Crippen LogP contribution in [0.25, 0.3) is 0 Å². The zero-order chi connectivity index (χ0) is 5.82. The lowest BCUT2D eigenvalue weighted by atomic mass is 10.2. The Morgan fingerprint density at radius 2 is 2.75 bits per heavy atom. The van der Waals surface area contributed by atoms with E-state index >= 15 is 0 Å². The predicted molar refractivity (Wildman–Crippen MR) is 35.2 cm³/mol. The van der Waals surface area contributed by atoms with Gasteiger partial charge in [0.1, 0.15) is 6.29 Å². The van der Waals surface area contributed by atoms with Crippen LogP contribution in [0.4, 0.5) is 0 Å². The van der Waals surface area contributed by atoms with Gasteiger partial charge in [0.15, 0.2) is 0 Å². The Kier molecular flexibility index (Phi) is 2.09. The molecule has 0 saturated heterocycles. The Balaban J connectivity index is 2.37. The van der Waals surface area contributed by atoms with Crippen molar-refractivity contribution in [2.75, 3.05) is 0 Å². The average Bonchev–Trinajstić information content (AvgIpc) is 1.90. The van der Waals surface area contributed by atoms with Gasteiger partial charge in [-0.1, -0.05) is 0 Å². The van der Waals surface area contributed by atoms with Crippen molar-refractivity contribution < 1.29 is 4.79 Å². The first kappa shape index (κ1) is 5.82. The van der Waals surface area contributed by atoms with Crippen LogP contribution in [0.1, 0.15) is 12.8 Å². The molecule has 3 heteroatoms. The topological polar surface area (TPSA) is 29.4 Å². The number of hydrogen-bond donors (Lipinski definition) is 0. The molecule has 0 bridgehead atoms. The second kappa shape index (κ2) is 2.87. The summed E-state index contributed by atoms with van der Waals surface area (Å²) in [5, 5.41) is 0.125. The van der Waals surface area contributed by atoms with Crippen molar-refractivity contribution in [2.24, 2.45) is 4.40 Å². The molecule has 0 saturated carbocycles. The molecule has 0 fully saturated rings. The van der Waals surface area contributed by atoms with E-state index in [1.54, 1.807) is 0 Å². The minimum atomic E-state index is 0.125. The fraction of sp³-hybridized carbons (Fsp3) is 0.600. The molecule has 44 valence electrons. The highest BCUT2D eigenvalue weighted by Crippen LogP contribution is 2.18. The van der Waals surface area contributed by atoms with Gasteiger partial charge in [-0.05, 0) is 24.8 Å². The van der Waals surface area contributed by atoms with Crippen LogP contribution >= 0.6 is 11.9 Å². The van der Waals surface area contributed by atoms with Crippen molar-refractivity contribution in [3.63, 3.8) is 0 Å². The van der Waals surface area contributed by atoms with E-state index in [2.05, 4.69) is 4.40 Å². The van der Waals surface area contributed by atoms with Crippen LogP contribution in [0, 0.1) is 0 Å². The first-order valence-electron chi connectivity index (χ1n) is 2.56. The number of rotatable bonds is 1. The molecular formula is C5H7NOS. The number of carbonyl (C=O) groups is 1. The lowest BCUT2D eigenvalue weighted by Crippen LogP contribution is -2.05. The average molecular weight is 129 g/mol. The van der Waals surface area contributed by atoms with Crippen LogP contribution in [0.5, 0.6) is 0 Å². The highest BCUT2D eigenvalue weighted by Gasteiger charge is 2.08. The van der Waals surface area contributed by atoms with Crippen molar-refractivity contribution in [2.45, 2.75) is 18.1 Å². The summed E-state index contributed by atoms with van der Waals surface area (Å²) >= 11 is 1.36. The SMILES string of the molecule is O=CC1CCC=NS1. The van der Waals surface area contributed by atoms with Gasteiger partial charge >= 0.3 is 0 Å². The normalized spacial score (nSPS) is 27.8. The Labute approximate surface area is 52.5 Å². The smallest absolute Gasteiger partial charge is 0.134 e. The van der Waals surface area contributed by atoms with Crippen LogP contribution in [-0.2, 0) is 4.79 Å². The van der Waals surface area contributed by atoms with Crippen molar-refractivity contribution >= 4 is 24.4 Å². The predicted octanol–water partition coefficient (Wildman–Crippen LogP) is 1.07. The Morgan fingerprint density at radius 1 is 1.88 bits per heavy atom. The summed E-state index contributed by atoms with van der Waals surface area (Å²) in [6.45, 7) is 0. The molecule has 1 aliphatic rings. The number of nitrogens with zero attached hydrogens (tertiary/aromatic N) is 1. The van der Waals surface area contributed by atoms with Crippen molar-refractivity contribution in [1.29, 1.82) is 0 Å². The molecule has 1 atom stereocenters. The summed E-state index contributed by atoms with van der Waals surface area (Å²) in [5.41, 5.74) is 0. The molecule has 0 radical (unpaired) electrons. The molecule has 0 aromatic rings. The molecule has 1 unspecified atom stereocenters. The third-order valence-corrected chi connectivity index (χ3v) is 1.89. The molecule has 1 heterocycles. The van der Waals surface area contributed by atoms with Gasteiger partial charge in [-0.2, -0.15) is 0 Å². The van der Waals surface area contributed by atoms with E-state index in [0.29, 0.717) is 0 Å². The summed E-state index contributed by atoms with van der Waals surface area (Å²) < 4.78 is 3.89. The van der Waals surface area contributed by atoms with E-state index in [9.17, 15) is 4.79 Å². The van der Waals surface area contributed by atoms with Crippen LogP contribution in [0.3, 0.4) is 0 Å². The van der Waals surface area contributed by atoms with Gasteiger partial charge in [-0.25, -0.2) is 4.40 Å². The summed E-state index contributed by atoms with van der Waals surface area (Å²) in [5.74, 6) is 0. The van der Waals surface area contributed by atoms with Crippen LogP contribution in [0.2, 0.25) is 0 Å². The minimum Gasteiger partial charge on any atom is -0.302 e. The van der Waals surface area contributed by atoms with Gasteiger partial charge in [0.05, 0.1) is 5.25 Å². The van der Waals surface area contributed by atoms with Crippen LogP contribution in [0.15, 0.2) is 4.40 Å². The van der Waals surface area contributed by atoms with E-state index in [-0.39, 0.29) is 5.25 Å². The molecule has 8 heavy (non-hydrogen) atoms. The molecule has 1 aliphatic heterocycles. The highest BCUT2D eigenvalue weighted by molar-refractivity contribution is 7.99. The third-order valence-electron chi connectivity index (χ3n) is 1.00. The molecule has 1 rings (SSSR count). The second-order valence-corrected chi connectivity index (χ2v) is 2.67. The number of carbonyl (C=O) groups excluding carboxylic acids is 1. The van der Waals surface area contributed by atoms with E-state index in [1.807, 2.05) is 6.21 Å². The highest BCUT2D eigenvalue weighted by atomic mass is 32.2. The Morgan fingerprint density at radius 3 is 3.12 bits per heavy atom. The maximum atomic E-state index is 10.1. The van der Waals surface area contributed by atoms with Gasteiger partial charge in [-0.15, -0.1) is 0 Å². The quantitative estimate of drug-likeness (QED) is 0.391. The largest absolute Gasteiger partial charge is 0.302 e. The summed E-state index contributed by atoms with van der Waals surface area (Å²) in [6, 6.07) is 0. The molecule has 0 aromatic carbocycles. The third kappa shape index (κ3) is 1.33. The first-order valence-corrected chi connectivity index (χ1v) is 3.40. The Bertz CT molecular complexity index is 113. The fourth-order valence-electron chi connectivity index (χ4n) is 0.558. The first-order chi connectivity index (χ1) is 3.93. The van der Waals surface area contributed by atoms with Crippen molar-refractivity contribution in [1.82, 2.24) is 0 Å². The summed E-state index contributed by atoms with van der Waals surface area (Å²) in [4.78, 5) is 10.1. The monoisotopic (exact) mass is 129 g/mol. The van der Waals surface area contributed by atoms with Gasteiger partial charge in [0.2, 0.25) is 0 Å². The van der Waals surface area contributed by atoms with Gasteiger partial charge in [-0.3, -0.25) is 0 Å². The van der Waals surface area contributed by atoms with Crippen LogP contribution < -0.4 is 0 Å². The lowest BCUT2D eigenvalue weighted by Gasteiger charge is -2.06. The van der Waals surface area contributed by atoms with E-state index in [4.69, 9.17) is 0 Å². The summed E-state index contributed by atoms with van der Waals surface area (Å²) in [6.07, 6.45) is 4.72. The van der Waals surface area contributed by atoms with Crippen LogP contribution in [-0.4, -0.2) is 17.8 Å². The standard InChI is InChI=1S/C5H7NOS/c7-4-5-2-1-3-6-8-5/h3-5H,1-2H2. The second-order valence-electron chi connectivity index (χ2n) is 1.65. The molecule has 0 N–H and O–H groups in total. The van der Waals surface area contributed by atoms with Crippen molar-refractivity contribution in [3.05, 3.63) is 0 Å². The molecule has 0 aromatic heterocycles. The van der Waals surface area contributed by atoms with E-state index < -0.39 is 0 Å². The molecule has 0 amide bonds. The molecular weight excluding hydrogens is 122 g/mol. The zero-order valence-corrected chi connectivity index (χ0v) is 5.23. The zero-order valence-electron chi connectivity index (χ0n) is 4.41. The van der Waals surface area contributed by atoms with Gasteiger partial charge < -0.3 is 4.79 Å². The Hall–Kier alpha value is -0.310. The van der Waals surface area contributed by atoms with Gasteiger partial charge in [0.25, 0.3) is 0 Å². The maximum absolute atomic E-state index is 10.1.